The van der Waals surface area contributed by atoms with Gasteiger partial charge in [0.15, 0.2) is 0 Å². The number of carbonyl (C=O) groups excluding carboxylic acids is 2. The minimum absolute atomic E-state index is 0.0683. The SMILES string of the molecule is C[C@@H]1CC2C[C@@H](C)C1CCOC(=O)N[C@@H]1CCC[C@@H](CNC(=O)[C@@H]2Nc2ccc3c(N)nccc3c2)C1. The maximum absolute atomic E-state index is 13.7. The molecule has 8 nitrogen and oxygen atoms in total. The van der Waals surface area contributed by atoms with Crippen molar-refractivity contribution in [2.75, 3.05) is 24.2 Å². The van der Waals surface area contributed by atoms with Gasteiger partial charge in [0.05, 0.1) is 6.61 Å². The molecule has 4 fully saturated rings. The number of carbonyl (C=O) groups is 2. The fourth-order valence-corrected chi connectivity index (χ4v) is 7.13. The van der Waals surface area contributed by atoms with Crippen molar-refractivity contribution < 1.29 is 14.3 Å². The Kier molecular flexibility index (Phi) is 7.72. The molecule has 2 aromatic rings. The maximum atomic E-state index is 13.7. The molecule has 5 atom stereocenters. The lowest BCUT2D eigenvalue weighted by Crippen LogP contribution is -2.49. The molecule has 5 N–H and O–H groups in total. The van der Waals surface area contributed by atoms with Crippen LogP contribution < -0.4 is 21.7 Å². The zero-order valence-corrected chi connectivity index (χ0v) is 22.0. The average molecular weight is 508 g/mol. The number of aromatic nitrogens is 1. The summed E-state index contributed by atoms with van der Waals surface area (Å²) in [5, 5.41) is 11.9. The molecule has 4 aliphatic rings. The van der Waals surface area contributed by atoms with E-state index in [1.807, 2.05) is 18.2 Å². The van der Waals surface area contributed by atoms with E-state index in [0.29, 0.717) is 42.6 Å². The molecule has 2 saturated carbocycles. The number of amides is 2. The van der Waals surface area contributed by atoms with Crippen molar-refractivity contribution >= 4 is 34.3 Å². The van der Waals surface area contributed by atoms with Crippen molar-refractivity contribution in [1.82, 2.24) is 15.6 Å². The van der Waals surface area contributed by atoms with Gasteiger partial charge in [0.25, 0.3) is 0 Å². The molecule has 3 heterocycles. The lowest BCUT2D eigenvalue weighted by Gasteiger charge is -2.42. The normalized spacial score (nSPS) is 33.3. The third-order valence-corrected chi connectivity index (χ3v) is 9.04. The smallest absolute Gasteiger partial charge is 0.407 e. The Hall–Kier alpha value is -3.03. The largest absolute Gasteiger partial charge is 0.450 e. The minimum atomic E-state index is -0.314. The van der Waals surface area contributed by atoms with Crippen LogP contribution in [0.2, 0.25) is 0 Å². The van der Waals surface area contributed by atoms with Crippen molar-refractivity contribution in [3.63, 3.8) is 0 Å². The number of anilines is 2. The van der Waals surface area contributed by atoms with E-state index in [4.69, 9.17) is 10.5 Å². The number of nitrogens with zero attached hydrogens (tertiary/aromatic N) is 1. The predicted octanol–water partition coefficient (Wildman–Crippen LogP) is 4.70. The lowest BCUT2D eigenvalue weighted by atomic mass is 9.66. The third-order valence-electron chi connectivity index (χ3n) is 9.04. The number of hydrogen-bond acceptors (Lipinski definition) is 6. The van der Waals surface area contributed by atoms with Gasteiger partial charge in [-0.1, -0.05) is 20.3 Å². The average Bonchev–Trinajstić information content (AvgIpc) is 2.87. The van der Waals surface area contributed by atoms with Crippen LogP contribution in [-0.4, -0.2) is 42.2 Å². The molecule has 0 unspecified atom stereocenters. The Balaban J connectivity index is 1.39. The van der Waals surface area contributed by atoms with Crippen LogP contribution in [0.25, 0.3) is 10.8 Å². The van der Waals surface area contributed by atoms with E-state index in [2.05, 4.69) is 40.8 Å². The molecule has 200 valence electrons. The number of pyridine rings is 1. The van der Waals surface area contributed by atoms with Gasteiger partial charge in [-0.15, -0.1) is 0 Å². The Morgan fingerprint density at radius 2 is 1.86 bits per heavy atom. The van der Waals surface area contributed by atoms with Gasteiger partial charge in [-0.2, -0.15) is 0 Å². The Bertz CT molecular complexity index is 1110. The Morgan fingerprint density at radius 3 is 2.68 bits per heavy atom. The number of rotatable bonds is 2. The molecule has 37 heavy (non-hydrogen) atoms. The number of hydrogen-bond donors (Lipinski definition) is 4. The van der Waals surface area contributed by atoms with Crippen molar-refractivity contribution in [1.29, 1.82) is 0 Å². The third kappa shape index (κ3) is 5.94. The number of nitrogen functional groups attached to an aromatic ring is 1. The number of fused-ring (bicyclic) bond motifs is 10. The van der Waals surface area contributed by atoms with Gasteiger partial charge >= 0.3 is 6.09 Å². The van der Waals surface area contributed by atoms with E-state index in [1.165, 1.54) is 0 Å². The molecule has 0 radical (unpaired) electrons. The highest BCUT2D eigenvalue weighted by molar-refractivity contribution is 5.93. The molecule has 2 aliphatic heterocycles. The van der Waals surface area contributed by atoms with Crippen molar-refractivity contribution in [2.24, 2.45) is 29.6 Å². The van der Waals surface area contributed by atoms with Gasteiger partial charge in [0, 0.05) is 29.9 Å². The van der Waals surface area contributed by atoms with E-state index in [9.17, 15) is 9.59 Å². The Labute approximate surface area is 219 Å². The second kappa shape index (κ2) is 11.2. The van der Waals surface area contributed by atoms with Crippen LogP contribution in [0.15, 0.2) is 30.5 Å². The van der Waals surface area contributed by atoms with Crippen LogP contribution in [-0.2, 0) is 9.53 Å². The molecule has 2 saturated heterocycles. The molecule has 4 bridgehead atoms. The standard InChI is InChI=1S/C29H41N5O3/c1-17-12-21-13-18(2)24(17)9-11-37-29(36)34-22-5-3-4-19(14-22)16-32-28(35)26(21)33-23-6-7-25-20(15-23)8-10-31-27(25)30/h6-8,10,15,17-19,21-22,24,26,33H,3-5,9,11-14,16H2,1-2H3,(H2,30,31)(H,32,35)(H,34,36)/t17-,18-,19-,21?,22-,24?,26-/m1/s1. The molecule has 6 rings (SSSR count). The molecule has 0 spiro atoms. The van der Waals surface area contributed by atoms with Crippen LogP contribution in [0.1, 0.15) is 58.8 Å². The minimum Gasteiger partial charge on any atom is -0.450 e. The van der Waals surface area contributed by atoms with Gasteiger partial charge < -0.3 is 26.4 Å². The first-order valence-corrected chi connectivity index (χ1v) is 14.0. The summed E-state index contributed by atoms with van der Waals surface area (Å²) in [4.78, 5) is 30.3. The van der Waals surface area contributed by atoms with Crippen LogP contribution >= 0.6 is 0 Å². The number of nitrogens with one attached hydrogen (secondary N) is 3. The summed E-state index contributed by atoms with van der Waals surface area (Å²) in [6.07, 6.45) is 8.14. The fraction of sp³-hybridized carbons (Fsp3) is 0.621. The zero-order chi connectivity index (χ0) is 25.9. The molecule has 1 aromatic heterocycles. The van der Waals surface area contributed by atoms with Gasteiger partial charge in [-0.25, -0.2) is 9.78 Å². The van der Waals surface area contributed by atoms with Crippen molar-refractivity contribution in [3.05, 3.63) is 30.5 Å². The second-order valence-corrected chi connectivity index (χ2v) is 11.6. The highest BCUT2D eigenvalue weighted by Crippen LogP contribution is 2.42. The molecular weight excluding hydrogens is 466 g/mol. The summed E-state index contributed by atoms with van der Waals surface area (Å²) in [6.45, 7) is 5.64. The van der Waals surface area contributed by atoms with E-state index in [-0.39, 0.29) is 30.0 Å². The highest BCUT2D eigenvalue weighted by Gasteiger charge is 2.39. The second-order valence-electron chi connectivity index (χ2n) is 11.6. The van der Waals surface area contributed by atoms with Crippen LogP contribution in [0.5, 0.6) is 0 Å². The summed E-state index contributed by atoms with van der Waals surface area (Å²) in [5.41, 5.74) is 6.98. The molecule has 2 amide bonds. The van der Waals surface area contributed by atoms with E-state index < -0.39 is 0 Å². The number of alkyl carbamates (subject to hydrolysis) is 1. The first-order chi connectivity index (χ1) is 17.9. The van der Waals surface area contributed by atoms with Gasteiger partial charge in [0.1, 0.15) is 11.9 Å². The van der Waals surface area contributed by atoms with Crippen molar-refractivity contribution in [3.8, 4) is 0 Å². The monoisotopic (exact) mass is 507 g/mol. The lowest BCUT2D eigenvalue weighted by molar-refractivity contribution is -0.124. The molecular formula is C29H41N5O3. The topological polar surface area (TPSA) is 118 Å². The number of nitrogens with two attached hydrogens (primary N) is 1. The Morgan fingerprint density at radius 1 is 1.05 bits per heavy atom. The first kappa shape index (κ1) is 25.6. The molecule has 2 aliphatic carbocycles. The fourth-order valence-electron chi connectivity index (χ4n) is 7.13. The van der Waals surface area contributed by atoms with Gasteiger partial charge in [0.2, 0.25) is 5.91 Å². The van der Waals surface area contributed by atoms with E-state index >= 15 is 0 Å². The summed E-state index contributed by atoms with van der Waals surface area (Å²) in [7, 11) is 0. The van der Waals surface area contributed by atoms with Crippen LogP contribution in [0, 0.1) is 29.6 Å². The zero-order valence-electron chi connectivity index (χ0n) is 22.0. The van der Waals surface area contributed by atoms with Crippen LogP contribution in [0.3, 0.4) is 0 Å². The number of ether oxygens (including phenoxy) is 1. The van der Waals surface area contributed by atoms with E-state index in [0.717, 1.165) is 61.4 Å². The quantitative estimate of drug-likeness (QED) is 0.468. The predicted molar refractivity (Wildman–Crippen MR) is 146 cm³/mol. The number of benzene rings is 1. The summed E-state index contributed by atoms with van der Waals surface area (Å²) < 4.78 is 5.60. The summed E-state index contributed by atoms with van der Waals surface area (Å²) in [6, 6.07) is 7.78. The van der Waals surface area contributed by atoms with Gasteiger partial charge in [-0.05, 0) is 97.8 Å². The summed E-state index contributed by atoms with van der Waals surface area (Å²) >= 11 is 0. The highest BCUT2D eigenvalue weighted by atomic mass is 16.5. The summed E-state index contributed by atoms with van der Waals surface area (Å²) in [5.74, 6) is 2.49. The van der Waals surface area contributed by atoms with Gasteiger partial charge in [-0.3, -0.25) is 4.79 Å². The van der Waals surface area contributed by atoms with Crippen LogP contribution in [0.4, 0.5) is 16.3 Å². The molecule has 1 aromatic carbocycles. The van der Waals surface area contributed by atoms with E-state index in [1.54, 1.807) is 6.20 Å². The van der Waals surface area contributed by atoms with Crippen molar-refractivity contribution in [2.45, 2.75) is 70.9 Å². The molecule has 8 heteroatoms. The maximum Gasteiger partial charge on any atom is 0.407 e. The first-order valence-electron chi connectivity index (χ1n) is 14.0.